The lowest BCUT2D eigenvalue weighted by Crippen LogP contribution is -1.93. The summed E-state index contributed by atoms with van der Waals surface area (Å²) in [6, 6.07) is 6.18. The zero-order valence-electron chi connectivity index (χ0n) is 14.0. The first-order valence-electron chi connectivity index (χ1n) is 7.93. The van der Waals surface area contributed by atoms with Crippen LogP contribution in [0.4, 0.5) is 0 Å². The molecular formula is C19H20O6. The molecule has 0 fully saturated rings. The molecule has 0 saturated heterocycles. The SMILES string of the molecule is COc1cc(-c2oc3c(O)cc(CCCO)c(C)c3c2O)ccc1O. The number of fused-ring (bicyclic) bond motifs is 1. The number of phenols is 2. The summed E-state index contributed by atoms with van der Waals surface area (Å²) in [7, 11) is 1.43. The third-order valence-corrected chi connectivity index (χ3v) is 4.33. The van der Waals surface area contributed by atoms with Crippen LogP contribution in [-0.2, 0) is 6.42 Å². The van der Waals surface area contributed by atoms with Crippen molar-refractivity contribution < 1.29 is 29.6 Å². The van der Waals surface area contributed by atoms with Gasteiger partial charge < -0.3 is 29.6 Å². The molecule has 4 N–H and O–H groups in total. The number of aryl methyl sites for hydroxylation is 2. The minimum Gasteiger partial charge on any atom is -0.504 e. The van der Waals surface area contributed by atoms with E-state index in [4.69, 9.17) is 14.3 Å². The molecule has 0 bridgehead atoms. The van der Waals surface area contributed by atoms with Crippen molar-refractivity contribution in [2.45, 2.75) is 19.8 Å². The molecule has 0 aliphatic rings. The molecule has 1 heterocycles. The number of benzene rings is 2. The van der Waals surface area contributed by atoms with Crippen LogP contribution in [0.1, 0.15) is 17.5 Å². The van der Waals surface area contributed by atoms with E-state index in [2.05, 4.69) is 0 Å². The van der Waals surface area contributed by atoms with Crippen molar-refractivity contribution in [3.8, 4) is 34.3 Å². The molecule has 0 saturated carbocycles. The van der Waals surface area contributed by atoms with Crippen LogP contribution < -0.4 is 4.74 Å². The van der Waals surface area contributed by atoms with E-state index in [1.54, 1.807) is 18.2 Å². The highest BCUT2D eigenvalue weighted by atomic mass is 16.5. The third-order valence-electron chi connectivity index (χ3n) is 4.33. The number of methoxy groups -OCH3 is 1. The van der Waals surface area contributed by atoms with E-state index in [1.807, 2.05) is 6.92 Å². The fraction of sp³-hybridized carbons (Fsp3) is 0.263. The molecule has 2 aromatic carbocycles. The quantitative estimate of drug-likeness (QED) is 0.565. The molecule has 132 valence electrons. The summed E-state index contributed by atoms with van der Waals surface area (Å²) < 4.78 is 10.8. The van der Waals surface area contributed by atoms with E-state index >= 15 is 0 Å². The first kappa shape index (κ1) is 17.0. The minimum absolute atomic E-state index is 0.0211. The van der Waals surface area contributed by atoms with Gasteiger partial charge in [-0.2, -0.15) is 0 Å². The van der Waals surface area contributed by atoms with E-state index in [0.717, 1.165) is 11.1 Å². The predicted molar refractivity (Wildman–Crippen MR) is 93.3 cm³/mol. The Bertz CT molecular complexity index is 926. The molecular weight excluding hydrogens is 324 g/mol. The van der Waals surface area contributed by atoms with Gasteiger partial charge in [-0.3, -0.25) is 0 Å². The van der Waals surface area contributed by atoms with Crippen LogP contribution in [-0.4, -0.2) is 34.1 Å². The third kappa shape index (κ3) is 2.85. The summed E-state index contributed by atoms with van der Waals surface area (Å²) >= 11 is 0. The van der Waals surface area contributed by atoms with Crippen LogP contribution in [0.25, 0.3) is 22.3 Å². The number of aliphatic hydroxyl groups is 1. The Labute approximate surface area is 144 Å². The number of aliphatic hydroxyl groups excluding tert-OH is 1. The molecule has 3 rings (SSSR count). The van der Waals surface area contributed by atoms with Gasteiger partial charge in [0.05, 0.1) is 12.5 Å². The first-order chi connectivity index (χ1) is 12.0. The molecule has 25 heavy (non-hydrogen) atoms. The van der Waals surface area contributed by atoms with Crippen molar-refractivity contribution in [1.82, 2.24) is 0 Å². The maximum absolute atomic E-state index is 10.7. The van der Waals surface area contributed by atoms with Crippen molar-refractivity contribution in [1.29, 1.82) is 0 Å². The van der Waals surface area contributed by atoms with Crippen LogP contribution in [0.3, 0.4) is 0 Å². The lowest BCUT2D eigenvalue weighted by atomic mass is 9.99. The van der Waals surface area contributed by atoms with Gasteiger partial charge in [-0.05, 0) is 55.2 Å². The van der Waals surface area contributed by atoms with E-state index in [9.17, 15) is 15.3 Å². The highest BCUT2D eigenvalue weighted by Crippen LogP contribution is 2.46. The summed E-state index contributed by atoms with van der Waals surface area (Å²) in [4.78, 5) is 0. The number of hydrogen-bond acceptors (Lipinski definition) is 6. The molecule has 6 heteroatoms. The largest absolute Gasteiger partial charge is 0.504 e. The molecule has 1 aromatic heterocycles. The molecule has 0 aliphatic heterocycles. The van der Waals surface area contributed by atoms with Gasteiger partial charge in [0.2, 0.25) is 0 Å². The summed E-state index contributed by atoms with van der Waals surface area (Å²) in [5.74, 6) is 0.266. The van der Waals surface area contributed by atoms with Crippen LogP contribution in [0.15, 0.2) is 28.7 Å². The molecule has 0 atom stereocenters. The average molecular weight is 344 g/mol. The van der Waals surface area contributed by atoms with Crippen molar-refractivity contribution >= 4 is 11.0 Å². The van der Waals surface area contributed by atoms with Gasteiger partial charge in [0.15, 0.2) is 34.3 Å². The maximum Gasteiger partial charge on any atom is 0.180 e. The van der Waals surface area contributed by atoms with Crippen LogP contribution >= 0.6 is 0 Å². The van der Waals surface area contributed by atoms with Crippen molar-refractivity contribution in [2.75, 3.05) is 13.7 Å². The van der Waals surface area contributed by atoms with Gasteiger partial charge in [-0.1, -0.05) is 0 Å². The van der Waals surface area contributed by atoms with E-state index < -0.39 is 0 Å². The minimum atomic E-state index is -0.0820. The van der Waals surface area contributed by atoms with Gasteiger partial charge >= 0.3 is 0 Å². The lowest BCUT2D eigenvalue weighted by Gasteiger charge is -2.07. The molecule has 6 nitrogen and oxygen atoms in total. The Hall–Kier alpha value is -2.86. The van der Waals surface area contributed by atoms with Crippen molar-refractivity contribution in [3.05, 3.63) is 35.4 Å². The van der Waals surface area contributed by atoms with Crippen LogP contribution in [0, 0.1) is 6.92 Å². The van der Waals surface area contributed by atoms with Gasteiger partial charge in [0.25, 0.3) is 0 Å². The fourth-order valence-electron chi connectivity index (χ4n) is 2.99. The van der Waals surface area contributed by atoms with Crippen molar-refractivity contribution in [2.24, 2.45) is 0 Å². The number of aromatic hydroxyl groups is 3. The maximum atomic E-state index is 10.7. The van der Waals surface area contributed by atoms with Crippen LogP contribution in [0.2, 0.25) is 0 Å². The van der Waals surface area contributed by atoms with E-state index in [1.165, 1.54) is 13.2 Å². The smallest absolute Gasteiger partial charge is 0.180 e. The summed E-state index contributed by atoms with van der Waals surface area (Å²) in [6.45, 7) is 1.89. The standard InChI is InChI=1S/C19H20O6/c1-10-11(4-3-7-20)8-14(22)19-16(10)17(23)18(25-19)12-5-6-13(21)15(9-12)24-2/h5-6,8-9,20-23H,3-4,7H2,1-2H3. The highest BCUT2D eigenvalue weighted by Gasteiger charge is 2.22. The van der Waals surface area contributed by atoms with E-state index in [-0.39, 0.29) is 40.9 Å². The fourth-order valence-corrected chi connectivity index (χ4v) is 2.99. The van der Waals surface area contributed by atoms with Gasteiger partial charge in [0, 0.05) is 12.2 Å². The number of furan rings is 1. The van der Waals surface area contributed by atoms with Gasteiger partial charge in [-0.25, -0.2) is 0 Å². The summed E-state index contributed by atoms with van der Waals surface area (Å²) in [5, 5.41) is 40.1. The molecule has 0 aliphatic carbocycles. The lowest BCUT2D eigenvalue weighted by molar-refractivity contribution is 0.288. The second-order valence-electron chi connectivity index (χ2n) is 5.88. The molecule has 0 radical (unpaired) electrons. The average Bonchev–Trinajstić information content (AvgIpc) is 2.95. The summed E-state index contributed by atoms with van der Waals surface area (Å²) in [5.41, 5.74) is 2.34. The van der Waals surface area contributed by atoms with E-state index in [0.29, 0.717) is 23.8 Å². The Kier molecular flexibility index (Phi) is 4.46. The molecule has 0 amide bonds. The van der Waals surface area contributed by atoms with Gasteiger partial charge in [0.1, 0.15) is 0 Å². The normalized spacial score (nSPS) is 11.2. The number of hydrogen-bond donors (Lipinski definition) is 4. The van der Waals surface area contributed by atoms with Crippen molar-refractivity contribution in [3.63, 3.8) is 0 Å². The molecule has 0 unspecified atom stereocenters. The Morgan fingerprint density at radius 1 is 1.08 bits per heavy atom. The molecule has 0 spiro atoms. The number of rotatable bonds is 5. The number of phenolic OH excluding ortho intramolecular Hbond substituents is 2. The first-order valence-corrected chi connectivity index (χ1v) is 7.93. The Morgan fingerprint density at radius 2 is 1.84 bits per heavy atom. The van der Waals surface area contributed by atoms with Crippen LogP contribution in [0.5, 0.6) is 23.0 Å². The summed E-state index contributed by atoms with van der Waals surface area (Å²) in [6.07, 6.45) is 1.14. The predicted octanol–water partition coefficient (Wildman–Crippen LogP) is 3.46. The number of ether oxygens (including phenoxy) is 1. The molecule has 3 aromatic rings. The zero-order chi connectivity index (χ0) is 18.1. The Balaban J connectivity index is 2.20. The Morgan fingerprint density at radius 3 is 2.52 bits per heavy atom. The monoisotopic (exact) mass is 344 g/mol. The topological polar surface area (TPSA) is 103 Å². The highest BCUT2D eigenvalue weighted by molar-refractivity contribution is 5.97. The second kappa shape index (κ2) is 6.57. The second-order valence-corrected chi connectivity index (χ2v) is 5.88. The zero-order valence-corrected chi connectivity index (χ0v) is 14.0. The van der Waals surface area contributed by atoms with Gasteiger partial charge in [-0.15, -0.1) is 0 Å².